The van der Waals surface area contributed by atoms with Gasteiger partial charge in [0, 0.05) is 36.2 Å². The highest BCUT2D eigenvalue weighted by Gasteiger charge is 2.19. The first-order chi connectivity index (χ1) is 13.2. The average molecular weight is 405 g/mol. The molecule has 2 heterocycles. The number of fused-ring (bicyclic) bond motifs is 1. The van der Waals surface area contributed by atoms with Crippen molar-refractivity contribution in [3.63, 3.8) is 0 Å². The highest BCUT2D eigenvalue weighted by molar-refractivity contribution is 7.86. The molecule has 8 heteroatoms. The van der Waals surface area contributed by atoms with E-state index < -0.39 is 16.2 Å². The summed E-state index contributed by atoms with van der Waals surface area (Å²) in [6, 6.07) is 8.36. The lowest BCUT2D eigenvalue weighted by Crippen LogP contribution is -2.10. The molecule has 1 atom stereocenters. The van der Waals surface area contributed by atoms with Gasteiger partial charge in [-0.15, -0.1) is 0 Å². The van der Waals surface area contributed by atoms with E-state index in [0.717, 1.165) is 11.8 Å². The molecule has 3 rings (SSSR count). The fraction of sp³-hybridized carbons (Fsp3) is 0.300. The summed E-state index contributed by atoms with van der Waals surface area (Å²) in [5.74, 6) is 0.386. The molecule has 1 N–H and O–H groups in total. The first-order valence-electron chi connectivity index (χ1n) is 8.64. The molecule has 0 aliphatic rings. The quantitative estimate of drug-likeness (QED) is 0.664. The summed E-state index contributed by atoms with van der Waals surface area (Å²) in [5, 5.41) is 7.96. The van der Waals surface area contributed by atoms with Crippen LogP contribution in [-0.2, 0) is 14.3 Å². The predicted molar refractivity (Wildman–Crippen MR) is 108 cm³/mol. The van der Waals surface area contributed by atoms with Gasteiger partial charge in [0.05, 0.1) is 11.6 Å². The number of rotatable bonds is 4. The number of hydrogen-bond acceptors (Lipinski definition) is 7. The number of aliphatic hydroxyl groups is 1. The minimum atomic E-state index is -3.65. The van der Waals surface area contributed by atoms with Crippen molar-refractivity contribution in [2.45, 2.75) is 26.9 Å². The molecule has 0 aliphatic heterocycles. The van der Waals surface area contributed by atoms with E-state index in [1.165, 1.54) is 6.07 Å². The Labute approximate surface area is 163 Å². The molecule has 0 fully saturated rings. The second-order valence-corrected chi connectivity index (χ2v) is 7.80. The lowest BCUT2D eigenvalue weighted by molar-refractivity contribution is 0.236. The van der Waals surface area contributed by atoms with Gasteiger partial charge in [0.25, 0.3) is 10.1 Å². The van der Waals surface area contributed by atoms with Gasteiger partial charge in [0.15, 0.2) is 5.43 Å². The first kappa shape index (κ1) is 21.7. The Balaban J connectivity index is 0.000000878. The van der Waals surface area contributed by atoms with Gasteiger partial charge >= 0.3 is 0 Å². The molecule has 7 nitrogen and oxygen atoms in total. The third-order valence-corrected chi connectivity index (χ3v) is 4.36. The Bertz CT molecular complexity index is 1110. The van der Waals surface area contributed by atoms with Gasteiger partial charge in [-0.2, -0.15) is 8.42 Å². The highest BCUT2D eigenvalue weighted by Crippen LogP contribution is 2.30. The molecule has 0 saturated heterocycles. The molecular weight excluding hydrogens is 382 g/mol. The number of aryl methyl sites for hydroxylation is 1. The zero-order chi connectivity index (χ0) is 20.9. The molecule has 0 saturated carbocycles. The molecule has 0 radical (unpaired) electrons. The predicted octanol–water partition coefficient (Wildman–Crippen LogP) is 3.20. The van der Waals surface area contributed by atoms with Crippen LogP contribution in [0.25, 0.3) is 22.3 Å². The zero-order valence-electron chi connectivity index (χ0n) is 16.2. The lowest BCUT2D eigenvalue weighted by Gasteiger charge is -2.15. The van der Waals surface area contributed by atoms with Gasteiger partial charge in [-0.25, -0.2) is 0 Å². The van der Waals surface area contributed by atoms with E-state index >= 15 is 0 Å². The molecule has 28 heavy (non-hydrogen) atoms. The minimum absolute atomic E-state index is 0.204. The zero-order valence-corrected chi connectivity index (χ0v) is 17.0. The van der Waals surface area contributed by atoms with E-state index in [2.05, 4.69) is 4.98 Å². The van der Waals surface area contributed by atoms with Gasteiger partial charge in [-0.3, -0.25) is 14.0 Å². The van der Waals surface area contributed by atoms with Gasteiger partial charge < -0.3 is 9.52 Å². The third-order valence-electron chi connectivity index (χ3n) is 3.72. The Morgan fingerprint density at radius 3 is 2.39 bits per heavy atom. The van der Waals surface area contributed by atoms with Crippen LogP contribution in [-0.4, -0.2) is 31.4 Å². The number of pyridine rings is 1. The Kier molecular flexibility index (Phi) is 7.06. The number of aliphatic hydroxyl groups excluding tert-OH is 1. The Morgan fingerprint density at radius 2 is 1.82 bits per heavy atom. The Morgan fingerprint density at radius 1 is 1.21 bits per heavy atom. The molecule has 0 spiro atoms. The smallest absolute Gasteiger partial charge is 0.264 e. The van der Waals surface area contributed by atoms with Crippen molar-refractivity contribution in [2.24, 2.45) is 0 Å². The monoisotopic (exact) mass is 405 g/mol. The fourth-order valence-corrected chi connectivity index (χ4v) is 3.34. The van der Waals surface area contributed by atoms with Crippen molar-refractivity contribution in [3.8, 4) is 11.3 Å². The van der Waals surface area contributed by atoms with Crippen molar-refractivity contribution in [3.05, 3.63) is 64.1 Å². The van der Waals surface area contributed by atoms with Crippen LogP contribution in [0.5, 0.6) is 0 Å². The molecule has 3 aromatic rings. The molecular formula is C20H23NO6S. The van der Waals surface area contributed by atoms with Crippen molar-refractivity contribution in [1.82, 2.24) is 4.98 Å². The number of nitrogens with zero attached hydrogens (tertiary/aromatic N) is 1. The summed E-state index contributed by atoms with van der Waals surface area (Å²) in [5.41, 5.74) is 2.15. The summed E-state index contributed by atoms with van der Waals surface area (Å²) >= 11 is 0. The van der Waals surface area contributed by atoms with Crippen LogP contribution in [0.1, 0.15) is 31.1 Å². The SMILES string of the molecule is CCO.Cc1cc(C(C)OS(C)(=O)=O)c2oc(-c3ccncc3)cc(=O)c2c1. The number of hydrogen-bond donors (Lipinski definition) is 1. The van der Waals surface area contributed by atoms with E-state index in [-0.39, 0.29) is 12.0 Å². The maximum Gasteiger partial charge on any atom is 0.264 e. The van der Waals surface area contributed by atoms with Crippen LogP contribution in [0.4, 0.5) is 0 Å². The fourth-order valence-electron chi connectivity index (χ4n) is 2.71. The topological polar surface area (TPSA) is 107 Å². The van der Waals surface area contributed by atoms with Gasteiger partial charge in [0.1, 0.15) is 17.4 Å². The highest BCUT2D eigenvalue weighted by atomic mass is 32.2. The van der Waals surface area contributed by atoms with Crippen LogP contribution >= 0.6 is 0 Å². The van der Waals surface area contributed by atoms with E-state index in [9.17, 15) is 13.2 Å². The molecule has 0 amide bonds. The lowest BCUT2D eigenvalue weighted by atomic mass is 10.0. The van der Waals surface area contributed by atoms with Crippen LogP contribution in [0, 0.1) is 6.92 Å². The summed E-state index contributed by atoms with van der Waals surface area (Å²) in [7, 11) is -3.65. The van der Waals surface area contributed by atoms with Crippen molar-refractivity contribution in [2.75, 3.05) is 12.9 Å². The maximum absolute atomic E-state index is 12.6. The van der Waals surface area contributed by atoms with Crippen molar-refractivity contribution >= 4 is 21.1 Å². The molecule has 150 valence electrons. The van der Waals surface area contributed by atoms with Crippen LogP contribution in [0.3, 0.4) is 0 Å². The first-order valence-corrected chi connectivity index (χ1v) is 10.5. The second-order valence-electron chi connectivity index (χ2n) is 6.20. The molecule has 2 aromatic heterocycles. The Hall–Kier alpha value is -2.55. The summed E-state index contributed by atoms with van der Waals surface area (Å²) in [6.07, 6.45) is 3.41. The van der Waals surface area contributed by atoms with Crippen LogP contribution in [0.15, 0.2) is 51.9 Å². The van der Waals surface area contributed by atoms with Crippen molar-refractivity contribution in [1.29, 1.82) is 0 Å². The summed E-state index contributed by atoms with van der Waals surface area (Å²) in [4.78, 5) is 16.5. The van der Waals surface area contributed by atoms with Crippen molar-refractivity contribution < 1.29 is 22.1 Å². The standard InChI is InChI=1S/C18H17NO5S.C2H6O/c1-11-8-14(12(2)24-25(3,21)22)18-15(9-11)16(20)10-17(23-18)13-4-6-19-7-5-13;1-2-3/h4-10,12H,1-3H3;3H,2H2,1H3. The van der Waals surface area contributed by atoms with E-state index in [1.807, 2.05) is 6.92 Å². The third kappa shape index (κ3) is 5.48. The average Bonchev–Trinajstić information content (AvgIpc) is 2.61. The van der Waals surface area contributed by atoms with Gasteiger partial charge in [-0.1, -0.05) is 0 Å². The molecule has 1 unspecified atom stereocenters. The normalized spacial score (nSPS) is 12.3. The van der Waals surface area contributed by atoms with E-state index in [4.69, 9.17) is 13.7 Å². The number of benzene rings is 1. The largest absolute Gasteiger partial charge is 0.455 e. The van der Waals surface area contributed by atoms with Gasteiger partial charge in [0.2, 0.25) is 0 Å². The molecule has 0 bridgehead atoms. The molecule has 1 aromatic carbocycles. The van der Waals surface area contributed by atoms with E-state index in [0.29, 0.717) is 27.9 Å². The summed E-state index contributed by atoms with van der Waals surface area (Å²) in [6.45, 7) is 5.36. The van der Waals surface area contributed by atoms with Crippen LogP contribution < -0.4 is 5.43 Å². The molecule has 0 aliphatic carbocycles. The summed E-state index contributed by atoms with van der Waals surface area (Å²) < 4.78 is 34.0. The van der Waals surface area contributed by atoms with E-state index in [1.54, 1.807) is 50.5 Å². The maximum atomic E-state index is 12.6. The number of aromatic nitrogens is 1. The second kappa shape index (κ2) is 9.09. The van der Waals surface area contributed by atoms with Gasteiger partial charge in [-0.05, 0) is 50.6 Å². The van der Waals surface area contributed by atoms with Crippen LogP contribution in [0.2, 0.25) is 0 Å². The minimum Gasteiger partial charge on any atom is -0.455 e.